The van der Waals surface area contributed by atoms with Crippen LogP contribution in [0.3, 0.4) is 0 Å². The number of hydrogen-bond donors (Lipinski definition) is 3. The van der Waals surface area contributed by atoms with E-state index in [9.17, 15) is 4.79 Å². The van der Waals surface area contributed by atoms with Gasteiger partial charge in [-0.05, 0) is 44.5 Å². The van der Waals surface area contributed by atoms with Crippen molar-refractivity contribution in [1.82, 2.24) is 34.8 Å². The summed E-state index contributed by atoms with van der Waals surface area (Å²) in [6.45, 7) is 10.4. The summed E-state index contributed by atoms with van der Waals surface area (Å²) in [5.74, 6) is 0.202. The molecule has 1 fully saturated rings. The highest BCUT2D eigenvalue weighted by Crippen LogP contribution is 2.43. The maximum atomic E-state index is 16.8. The lowest BCUT2D eigenvalue weighted by Crippen LogP contribution is -2.58. The number of benzene rings is 2. The van der Waals surface area contributed by atoms with E-state index in [0.717, 1.165) is 5.56 Å². The van der Waals surface area contributed by atoms with Crippen LogP contribution in [0.25, 0.3) is 32.9 Å². The number of nitrogens with two attached hydrogens (primary N) is 1. The standard InChI is InChI=1S/C29H30ClFN10O/c1-6-21(42)40-11-16(4)41(12-15(40)3)28-18-9-19(30)23(22-14(2)7-8-20-24(22)27(32)38-37-20)25(31)26(18)35-29(36-28)34-17-10-33-39(5)13-17/h6-10,13,15-16H,1,11-12H2,2-5H3,(H3,32,37,38)(H,34,35,36)/t15-,16+/m1/s1. The molecule has 2 atom stereocenters. The molecule has 5 aromatic rings. The highest BCUT2D eigenvalue weighted by molar-refractivity contribution is 6.35. The van der Waals surface area contributed by atoms with Crippen molar-refractivity contribution in [3.8, 4) is 11.1 Å². The maximum absolute atomic E-state index is 16.8. The number of nitrogens with one attached hydrogen (secondary N) is 2. The van der Waals surface area contributed by atoms with E-state index >= 15 is 4.39 Å². The number of piperazine rings is 1. The van der Waals surface area contributed by atoms with E-state index in [1.54, 1.807) is 35.1 Å². The lowest BCUT2D eigenvalue weighted by atomic mass is 9.94. The Morgan fingerprint density at radius 1 is 1.24 bits per heavy atom. The summed E-state index contributed by atoms with van der Waals surface area (Å²) >= 11 is 6.89. The Balaban J connectivity index is 1.58. The Hall–Kier alpha value is -4.71. The van der Waals surface area contributed by atoms with Crippen molar-refractivity contribution in [2.45, 2.75) is 32.9 Å². The molecule has 4 heterocycles. The zero-order valence-corrected chi connectivity index (χ0v) is 24.4. The van der Waals surface area contributed by atoms with Crippen LogP contribution in [0.2, 0.25) is 5.02 Å². The number of halogens is 2. The van der Waals surface area contributed by atoms with Crippen LogP contribution in [0.1, 0.15) is 19.4 Å². The number of amides is 1. The van der Waals surface area contributed by atoms with E-state index in [1.807, 2.05) is 32.9 Å². The van der Waals surface area contributed by atoms with Gasteiger partial charge in [-0.3, -0.25) is 14.6 Å². The van der Waals surface area contributed by atoms with Gasteiger partial charge in [0.2, 0.25) is 11.9 Å². The molecule has 6 rings (SSSR count). The molecule has 0 saturated carbocycles. The van der Waals surface area contributed by atoms with Crippen LogP contribution in [0, 0.1) is 12.7 Å². The SMILES string of the molecule is C=CC(=O)N1C[C@H](C)N(c2nc(Nc3cnn(C)c3)nc3c(F)c(-c4c(C)ccc5[nH]nc(N)c45)c(Cl)cc23)C[C@H]1C. The minimum absolute atomic E-state index is 0.0914. The van der Waals surface area contributed by atoms with Crippen LogP contribution >= 0.6 is 11.6 Å². The van der Waals surface area contributed by atoms with Crippen LogP contribution < -0.4 is 16.0 Å². The van der Waals surface area contributed by atoms with Crippen molar-refractivity contribution >= 4 is 62.6 Å². The second-order valence-corrected chi connectivity index (χ2v) is 11.1. The fraction of sp³-hybridized carbons (Fsp3) is 0.276. The van der Waals surface area contributed by atoms with E-state index < -0.39 is 5.82 Å². The fourth-order valence-electron chi connectivity index (χ4n) is 5.71. The molecule has 42 heavy (non-hydrogen) atoms. The van der Waals surface area contributed by atoms with Crippen molar-refractivity contribution < 1.29 is 9.18 Å². The topological polar surface area (TPSA) is 134 Å². The summed E-state index contributed by atoms with van der Waals surface area (Å²) in [5.41, 5.74) is 9.12. The minimum atomic E-state index is -0.604. The average molecular weight is 589 g/mol. The number of anilines is 4. The Kier molecular flexibility index (Phi) is 6.72. The van der Waals surface area contributed by atoms with Crippen molar-refractivity contribution in [3.63, 3.8) is 0 Å². The molecule has 13 heteroatoms. The number of nitrogens with zero attached hydrogens (tertiary/aromatic N) is 7. The Bertz CT molecular complexity index is 1880. The number of aromatic nitrogens is 6. The van der Waals surface area contributed by atoms with Crippen LogP contribution in [-0.2, 0) is 11.8 Å². The van der Waals surface area contributed by atoms with Crippen molar-refractivity contribution in [3.05, 3.63) is 59.7 Å². The van der Waals surface area contributed by atoms with Gasteiger partial charge in [0, 0.05) is 54.9 Å². The second-order valence-electron chi connectivity index (χ2n) is 10.7. The van der Waals surface area contributed by atoms with Crippen molar-refractivity contribution in [2.75, 3.05) is 29.0 Å². The monoisotopic (exact) mass is 588 g/mol. The van der Waals surface area contributed by atoms with Crippen LogP contribution in [0.4, 0.5) is 27.7 Å². The molecule has 1 saturated heterocycles. The molecule has 0 bridgehead atoms. The minimum Gasteiger partial charge on any atom is -0.382 e. The highest BCUT2D eigenvalue weighted by atomic mass is 35.5. The highest BCUT2D eigenvalue weighted by Gasteiger charge is 2.34. The molecule has 216 valence electrons. The maximum Gasteiger partial charge on any atom is 0.246 e. The molecule has 0 radical (unpaired) electrons. The van der Waals surface area contributed by atoms with Gasteiger partial charge in [-0.1, -0.05) is 24.2 Å². The molecular weight excluding hydrogens is 559 g/mol. The van der Waals surface area contributed by atoms with Gasteiger partial charge < -0.3 is 20.9 Å². The molecule has 0 unspecified atom stereocenters. The number of rotatable bonds is 5. The number of aromatic amines is 1. The number of carbonyl (C=O) groups excluding carboxylic acids is 1. The summed E-state index contributed by atoms with van der Waals surface area (Å²) in [6.07, 6.45) is 4.72. The van der Waals surface area contributed by atoms with Gasteiger partial charge in [0.05, 0.1) is 27.8 Å². The third-order valence-electron chi connectivity index (χ3n) is 7.76. The first-order chi connectivity index (χ1) is 20.1. The number of H-pyrrole nitrogens is 1. The Morgan fingerprint density at radius 3 is 2.74 bits per heavy atom. The van der Waals surface area contributed by atoms with E-state index in [0.29, 0.717) is 46.4 Å². The van der Waals surface area contributed by atoms with Gasteiger partial charge in [-0.2, -0.15) is 15.2 Å². The van der Waals surface area contributed by atoms with Gasteiger partial charge in [0.25, 0.3) is 0 Å². The van der Waals surface area contributed by atoms with Gasteiger partial charge in [-0.25, -0.2) is 9.37 Å². The van der Waals surface area contributed by atoms with Crippen LogP contribution in [0.5, 0.6) is 0 Å². The molecule has 1 aliphatic heterocycles. The molecular formula is C29H30ClFN10O. The van der Waals surface area contributed by atoms with Crippen LogP contribution in [-0.4, -0.2) is 65.9 Å². The first-order valence-corrected chi connectivity index (χ1v) is 13.8. The number of nitrogen functional groups attached to an aromatic ring is 1. The third kappa shape index (κ3) is 4.48. The van der Waals surface area contributed by atoms with E-state index in [4.69, 9.17) is 22.3 Å². The quantitative estimate of drug-likeness (QED) is 0.246. The summed E-state index contributed by atoms with van der Waals surface area (Å²) in [7, 11) is 1.80. The number of aryl methyl sites for hydroxylation is 2. The Morgan fingerprint density at radius 2 is 2.02 bits per heavy atom. The number of hydrogen-bond acceptors (Lipinski definition) is 8. The molecule has 3 aromatic heterocycles. The second kappa shape index (κ2) is 10.3. The largest absolute Gasteiger partial charge is 0.382 e. The Labute approximate surface area is 246 Å². The lowest BCUT2D eigenvalue weighted by molar-refractivity contribution is -0.128. The molecule has 1 amide bonds. The number of carbonyl (C=O) groups is 1. The first kappa shape index (κ1) is 27.5. The summed E-state index contributed by atoms with van der Waals surface area (Å²) in [5, 5.41) is 15.6. The predicted molar refractivity (Wildman–Crippen MR) is 163 cm³/mol. The van der Waals surface area contributed by atoms with Crippen LogP contribution in [0.15, 0.2) is 43.2 Å². The van der Waals surface area contributed by atoms with Crippen molar-refractivity contribution in [2.24, 2.45) is 7.05 Å². The molecule has 11 nitrogen and oxygen atoms in total. The zero-order valence-electron chi connectivity index (χ0n) is 23.6. The first-order valence-electron chi connectivity index (χ1n) is 13.5. The third-order valence-corrected chi connectivity index (χ3v) is 8.05. The summed E-state index contributed by atoms with van der Waals surface area (Å²) in [4.78, 5) is 25.8. The molecule has 2 aromatic carbocycles. The summed E-state index contributed by atoms with van der Waals surface area (Å²) < 4.78 is 18.5. The smallest absolute Gasteiger partial charge is 0.246 e. The predicted octanol–water partition coefficient (Wildman–Crippen LogP) is 4.94. The summed E-state index contributed by atoms with van der Waals surface area (Å²) in [6, 6.07) is 5.13. The molecule has 1 aliphatic rings. The van der Waals surface area contributed by atoms with Gasteiger partial charge in [0.1, 0.15) is 11.3 Å². The molecule has 0 spiro atoms. The number of fused-ring (bicyclic) bond motifs is 2. The zero-order chi connectivity index (χ0) is 29.9. The normalized spacial score (nSPS) is 17.3. The van der Waals surface area contributed by atoms with Gasteiger partial charge in [-0.15, -0.1) is 0 Å². The van der Waals surface area contributed by atoms with E-state index in [-0.39, 0.29) is 45.9 Å². The molecule has 0 aliphatic carbocycles. The van der Waals surface area contributed by atoms with E-state index in [1.165, 1.54) is 6.08 Å². The van der Waals surface area contributed by atoms with E-state index in [2.05, 4.69) is 37.1 Å². The van der Waals surface area contributed by atoms with Gasteiger partial charge in [0.15, 0.2) is 11.6 Å². The van der Waals surface area contributed by atoms with Crippen molar-refractivity contribution in [1.29, 1.82) is 0 Å². The average Bonchev–Trinajstić information content (AvgIpc) is 3.55. The van der Waals surface area contributed by atoms with Gasteiger partial charge >= 0.3 is 0 Å². The lowest BCUT2D eigenvalue weighted by Gasteiger charge is -2.44. The molecule has 4 N–H and O–H groups in total. The fourth-order valence-corrected chi connectivity index (χ4v) is 6.00.